The van der Waals surface area contributed by atoms with Crippen molar-refractivity contribution >= 4 is 21.6 Å². The van der Waals surface area contributed by atoms with E-state index in [1.54, 1.807) is 10.9 Å². The Labute approximate surface area is 161 Å². The lowest BCUT2D eigenvalue weighted by Crippen LogP contribution is -2.20. The Morgan fingerprint density at radius 2 is 1.70 bits per heavy atom. The van der Waals surface area contributed by atoms with E-state index >= 15 is 0 Å². The summed E-state index contributed by atoms with van der Waals surface area (Å²) in [6.45, 7) is 1.28. The summed E-state index contributed by atoms with van der Waals surface area (Å²) in [4.78, 5) is 18.2. The molecule has 0 spiro atoms. The molecule has 0 aliphatic rings. The van der Waals surface area contributed by atoms with Crippen LogP contribution in [0.5, 0.6) is 5.75 Å². The van der Waals surface area contributed by atoms with Crippen LogP contribution in [-0.4, -0.2) is 16.2 Å². The zero-order valence-corrected chi connectivity index (χ0v) is 15.7. The molecule has 0 radical (unpaired) electrons. The molecule has 2 heterocycles. The Balaban J connectivity index is 1.45. The molecule has 4 aromatic rings. The Hall–Kier alpha value is -2.92. The molecule has 2 aromatic carbocycles. The zero-order chi connectivity index (χ0) is 18.5. The normalized spacial score (nSPS) is 11.0. The van der Waals surface area contributed by atoms with Crippen LogP contribution >= 0.6 is 11.3 Å². The highest BCUT2D eigenvalue weighted by Crippen LogP contribution is 2.30. The highest BCUT2D eigenvalue weighted by molar-refractivity contribution is 7.17. The van der Waals surface area contributed by atoms with E-state index in [0.717, 1.165) is 34.5 Å². The van der Waals surface area contributed by atoms with Gasteiger partial charge in [-0.15, -0.1) is 11.3 Å². The van der Waals surface area contributed by atoms with E-state index < -0.39 is 0 Å². The van der Waals surface area contributed by atoms with Gasteiger partial charge < -0.3 is 4.74 Å². The van der Waals surface area contributed by atoms with Gasteiger partial charge in [-0.3, -0.25) is 9.36 Å². The van der Waals surface area contributed by atoms with Gasteiger partial charge in [0.1, 0.15) is 10.6 Å². The molecule has 4 nitrogen and oxygen atoms in total. The SMILES string of the molecule is O=c1c2c(-c3ccccc3)csc2ncn1CCCCOc1ccccc1. The number of nitrogens with zero attached hydrogens (tertiary/aromatic N) is 2. The van der Waals surface area contributed by atoms with Gasteiger partial charge in [-0.2, -0.15) is 0 Å². The van der Waals surface area contributed by atoms with Gasteiger partial charge in [-0.25, -0.2) is 4.98 Å². The van der Waals surface area contributed by atoms with Crippen molar-refractivity contribution < 1.29 is 4.74 Å². The molecule has 0 aliphatic heterocycles. The molecule has 0 fully saturated rings. The number of para-hydroxylation sites is 1. The molecule has 4 rings (SSSR count). The van der Waals surface area contributed by atoms with Crippen molar-refractivity contribution in [3.63, 3.8) is 0 Å². The second-order valence-corrected chi connectivity index (χ2v) is 7.17. The van der Waals surface area contributed by atoms with E-state index in [1.807, 2.05) is 66.0 Å². The second-order valence-electron chi connectivity index (χ2n) is 6.31. The summed E-state index contributed by atoms with van der Waals surface area (Å²) in [5.74, 6) is 0.878. The number of aromatic nitrogens is 2. The lowest BCUT2D eigenvalue weighted by atomic mass is 10.1. The monoisotopic (exact) mass is 376 g/mol. The van der Waals surface area contributed by atoms with Crippen LogP contribution < -0.4 is 10.3 Å². The number of ether oxygens (including phenoxy) is 1. The summed E-state index contributed by atoms with van der Waals surface area (Å²) in [6, 6.07) is 19.8. The van der Waals surface area contributed by atoms with E-state index in [4.69, 9.17) is 4.74 Å². The van der Waals surface area contributed by atoms with Gasteiger partial charge in [0.05, 0.1) is 18.3 Å². The Kier molecular flexibility index (Phi) is 5.30. The standard InChI is InChI=1S/C22H20N2O2S/c25-22-20-19(17-9-3-1-4-10-17)15-27-21(20)23-16-24(22)13-7-8-14-26-18-11-5-2-6-12-18/h1-6,9-12,15-16H,7-8,13-14H2. The van der Waals surface area contributed by atoms with Gasteiger partial charge in [0.25, 0.3) is 5.56 Å². The van der Waals surface area contributed by atoms with E-state index in [2.05, 4.69) is 4.98 Å². The van der Waals surface area contributed by atoms with Gasteiger partial charge in [0, 0.05) is 17.5 Å². The highest BCUT2D eigenvalue weighted by atomic mass is 32.1. The molecule has 0 amide bonds. The molecule has 0 bridgehead atoms. The number of hydrogen-bond donors (Lipinski definition) is 0. The van der Waals surface area contributed by atoms with Crippen molar-refractivity contribution in [3.05, 3.63) is 82.7 Å². The summed E-state index contributed by atoms with van der Waals surface area (Å²) in [5.41, 5.74) is 2.05. The first-order valence-corrected chi connectivity index (χ1v) is 9.91. The minimum absolute atomic E-state index is 0.0316. The molecular weight excluding hydrogens is 356 g/mol. The first-order chi connectivity index (χ1) is 13.3. The van der Waals surface area contributed by atoms with Crippen molar-refractivity contribution in [2.24, 2.45) is 0 Å². The smallest absolute Gasteiger partial charge is 0.262 e. The number of thiophene rings is 1. The largest absolute Gasteiger partial charge is 0.494 e. The van der Waals surface area contributed by atoms with Crippen LogP contribution in [0.3, 0.4) is 0 Å². The van der Waals surface area contributed by atoms with Crippen LogP contribution in [0.15, 0.2) is 77.2 Å². The van der Waals surface area contributed by atoms with E-state index in [0.29, 0.717) is 18.5 Å². The van der Waals surface area contributed by atoms with Crippen LogP contribution in [0.4, 0.5) is 0 Å². The van der Waals surface area contributed by atoms with Gasteiger partial charge in [0.2, 0.25) is 0 Å². The Morgan fingerprint density at radius 1 is 0.963 bits per heavy atom. The van der Waals surface area contributed by atoms with E-state index in [9.17, 15) is 4.79 Å². The molecule has 0 atom stereocenters. The zero-order valence-electron chi connectivity index (χ0n) is 14.9. The molecule has 0 saturated heterocycles. The fourth-order valence-electron chi connectivity index (χ4n) is 3.05. The first kappa shape index (κ1) is 17.5. The molecular formula is C22H20N2O2S. The van der Waals surface area contributed by atoms with E-state index in [-0.39, 0.29) is 5.56 Å². The Morgan fingerprint density at radius 3 is 2.48 bits per heavy atom. The number of fused-ring (bicyclic) bond motifs is 1. The predicted octanol–water partition coefficient (Wildman–Crippen LogP) is 4.98. The molecule has 2 aromatic heterocycles. The summed E-state index contributed by atoms with van der Waals surface area (Å²) < 4.78 is 7.42. The van der Waals surface area contributed by atoms with E-state index in [1.165, 1.54) is 11.3 Å². The number of unbranched alkanes of at least 4 members (excludes halogenated alkanes) is 1. The summed E-state index contributed by atoms with van der Waals surface area (Å²) in [5, 5.41) is 2.74. The van der Waals surface area contributed by atoms with Crippen molar-refractivity contribution in [2.45, 2.75) is 19.4 Å². The van der Waals surface area contributed by atoms with Crippen LogP contribution in [0.1, 0.15) is 12.8 Å². The average Bonchev–Trinajstić information content (AvgIpc) is 3.16. The number of aryl methyl sites for hydroxylation is 1. The van der Waals surface area contributed by atoms with Crippen molar-refractivity contribution in [1.29, 1.82) is 0 Å². The minimum Gasteiger partial charge on any atom is -0.494 e. The molecule has 0 saturated carbocycles. The molecule has 0 N–H and O–H groups in total. The summed E-state index contributed by atoms with van der Waals surface area (Å²) in [6.07, 6.45) is 3.41. The third kappa shape index (κ3) is 3.93. The molecule has 136 valence electrons. The van der Waals surface area contributed by atoms with Crippen molar-refractivity contribution in [2.75, 3.05) is 6.61 Å². The lowest BCUT2D eigenvalue weighted by Gasteiger charge is -2.08. The molecule has 5 heteroatoms. The summed E-state index contributed by atoms with van der Waals surface area (Å²) >= 11 is 1.52. The second kappa shape index (κ2) is 8.18. The van der Waals surface area contributed by atoms with Crippen molar-refractivity contribution in [1.82, 2.24) is 9.55 Å². The third-order valence-corrected chi connectivity index (χ3v) is 5.34. The first-order valence-electron chi connectivity index (χ1n) is 9.03. The maximum Gasteiger partial charge on any atom is 0.262 e. The predicted molar refractivity (Wildman–Crippen MR) is 110 cm³/mol. The van der Waals surface area contributed by atoms with Gasteiger partial charge >= 0.3 is 0 Å². The van der Waals surface area contributed by atoms with Gasteiger partial charge in [0.15, 0.2) is 0 Å². The van der Waals surface area contributed by atoms with Crippen LogP contribution in [-0.2, 0) is 6.54 Å². The van der Waals surface area contributed by atoms with Gasteiger partial charge in [-0.1, -0.05) is 48.5 Å². The topological polar surface area (TPSA) is 44.1 Å². The fraction of sp³-hybridized carbons (Fsp3) is 0.182. The van der Waals surface area contributed by atoms with Crippen LogP contribution in [0, 0.1) is 0 Å². The fourth-order valence-corrected chi connectivity index (χ4v) is 3.95. The Bertz CT molecular complexity index is 1070. The molecule has 0 unspecified atom stereocenters. The quantitative estimate of drug-likeness (QED) is 0.427. The number of rotatable bonds is 7. The van der Waals surface area contributed by atoms with Crippen molar-refractivity contribution in [3.8, 4) is 16.9 Å². The van der Waals surface area contributed by atoms with Gasteiger partial charge in [-0.05, 0) is 30.5 Å². The lowest BCUT2D eigenvalue weighted by molar-refractivity contribution is 0.303. The molecule has 0 aliphatic carbocycles. The maximum absolute atomic E-state index is 13.0. The maximum atomic E-state index is 13.0. The van der Waals surface area contributed by atoms with Crippen LogP contribution in [0.25, 0.3) is 21.3 Å². The minimum atomic E-state index is 0.0316. The number of benzene rings is 2. The average molecular weight is 376 g/mol. The summed E-state index contributed by atoms with van der Waals surface area (Å²) in [7, 11) is 0. The van der Waals surface area contributed by atoms with Crippen LogP contribution in [0.2, 0.25) is 0 Å². The molecule has 27 heavy (non-hydrogen) atoms. The number of hydrogen-bond acceptors (Lipinski definition) is 4. The highest BCUT2D eigenvalue weighted by Gasteiger charge is 2.12. The third-order valence-electron chi connectivity index (χ3n) is 4.45.